The van der Waals surface area contributed by atoms with Crippen molar-refractivity contribution in [2.45, 2.75) is 103 Å². The standard InChI is InChI=1S/C50H52F6N6O7/c1-26-38(50(54,55)56)36(40(52)45(39(26)51)60(23-28-9-15-32(66-7)16-10-28)24-29-11-17-33(67-8)18-12-29)43-41(53)42(57-21-30-13-20-35(63)59(6)22-30)37-46(58-43)68-27(2)44-34-19-14-31(25-61(44)47(37)64)62(34)48(65)69-49(3,4)5/h9-13,15-18,20,22,27,31,34,44H,14,19,21,23-25H2,1-8H3,(H,57,58)/t27-,31+,34-,44+/m0/s1. The first-order valence-corrected chi connectivity index (χ1v) is 22.3. The number of nitrogens with zero attached hydrogens (tertiary/aromatic N) is 5. The number of rotatable bonds is 11. The average Bonchev–Trinajstić information content (AvgIpc) is 3.55. The summed E-state index contributed by atoms with van der Waals surface area (Å²) in [4.78, 5) is 49.4. The Morgan fingerprint density at radius 3 is 2.00 bits per heavy atom. The van der Waals surface area contributed by atoms with Crippen LogP contribution in [0.4, 0.5) is 42.5 Å². The van der Waals surface area contributed by atoms with Gasteiger partial charge in [-0.3, -0.25) is 14.5 Å². The molecule has 3 aromatic carbocycles. The molecule has 2 saturated heterocycles. The maximum Gasteiger partial charge on any atom is 0.417 e. The number of hydrogen-bond donors (Lipinski definition) is 1. The Hall–Kier alpha value is -6.92. The van der Waals surface area contributed by atoms with E-state index in [9.17, 15) is 9.59 Å². The first-order chi connectivity index (χ1) is 32.6. The summed E-state index contributed by atoms with van der Waals surface area (Å²) in [5, 5.41) is 2.85. The molecule has 0 unspecified atom stereocenters. The lowest BCUT2D eigenvalue weighted by molar-refractivity contribution is -0.137. The van der Waals surface area contributed by atoms with Gasteiger partial charge in [-0.1, -0.05) is 30.3 Å². The number of aromatic nitrogens is 2. The number of anilines is 2. The quantitative estimate of drug-likeness (QED) is 0.128. The van der Waals surface area contributed by atoms with E-state index < -0.39 is 111 Å². The lowest BCUT2D eigenvalue weighted by Crippen LogP contribution is -2.65. The van der Waals surface area contributed by atoms with Crippen LogP contribution in [-0.4, -0.2) is 81.9 Å². The average molecular weight is 963 g/mol. The molecule has 19 heteroatoms. The molecular weight excluding hydrogens is 911 g/mol. The number of pyridine rings is 2. The molecule has 4 atom stereocenters. The maximum atomic E-state index is 17.9. The predicted molar refractivity (Wildman–Crippen MR) is 244 cm³/mol. The summed E-state index contributed by atoms with van der Waals surface area (Å²) in [6.45, 7) is 6.79. The van der Waals surface area contributed by atoms with Crippen LogP contribution in [0.25, 0.3) is 11.3 Å². The molecule has 0 aliphatic carbocycles. The number of aryl methyl sites for hydroxylation is 1. The largest absolute Gasteiger partial charge is 0.497 e. The zero-order valence-electron chi connectivity index (χ0n) is 39.3. The van der Waals surface area contributed by atoms with Crippen molar-refractivity contribution in [2.75, 3.05) is 31.0 Å². The summed E-state index contributed by atoms with van der Waals surface area (Å²) in [5.41, 5.74) is -7.39. The van der Waals surface area contributed by atoms with Crippen LogP contribution >= 0.6 is 0 Å². The Bertz CT molecular complexity index is 2800. The number of halogens is 6. The predicted octanol–water partition coefficient (Wildman–Crippen LogP) is 9.40. The monoisotopic (exact) mass is 962 g/mol. The molecule has 5 heterocycles. The molecule has 0 radical (unpaired) electrons. The summed E-state index contributed by atoms with van der Waals surface area (Å²) in [6.07, 6.45) is -4.72. The summed E-state index contributed by atoms with van der Waals surface area (Å²) in [7, 11) is 4.40. The molecule has 366 valence electrons. The Morgan fingerprint density at radius 1 is 0.855 bits per heavy atom. The number of ether oxygens (including phenoxy) is 4. The summed E-state index contributed by atoms with van der Waals surface area (Å²) in [5.74, 6) is -5.35. The number of fused-ring (bicyclic) bond motifs is 5. The molecule has 3 aliphatic heterocycles. The SMILES string of the molecule is COc1ccc(CN(Cc2ccc(OC)cc2)c2c(F)c(C)c(C(F)(F)F)c(-c3nc4c(c(NCc5ccc(=O)n(C)c5)c3F)C(=O)N3C[C@H]5CC[C@@H]([C@H]3[C@H](C)O4)N5C(=O)OC(C)(C)C)c2F)cc1. The Balaban J connectivity index is 1.33. The lowest BCUT2D eigenvalue weighted by atomic mass is 9.93. The molecule has 2 fully saturated rings. The molecule has 8 rings (SSSR count). The minimum Gasteiger partial charge on any atom is -0.497 e. The van der Waals surface area contributed by atoms with Gasteiger partial charge >= 0.3 is 12.3 Å². The van der Waals surface area contributed by atoms with E-state index in [0.717, 1.165) is 6.92 Å². The fraction of sp³-hybridized carbons (Fsp3) is 0.400. The van der Waals surface area contributed by atoms with Crippen LogP contribution in [0, 0.1) is 24.4 Å². The van der Waals surface area contributed by atoms with Crippen LogP contribution in [-0.2, 0) is 37.6 Å². The van der Waals surface area contributed by atoms with Crippen LogP contribution in [0.15, 0.2) is 71.7 Å². The zero-order valence-corrected chi connectivity index (χ0v) is 39.3. The number of benzene rings is 3. The number of methoxy groups -OCH3 is 2. The zero-order chi connectivity index (χ0) is 49.9. The lowest BCUT2D eigenvalue weighted by Gasteiger charge is -2.47. The van der Waals surface area contributed by atoms with Gasteiger partial charge in [0.05, 0.1) is 49.2 Å². The molecule has 2 bridgehead atoms. The Kier molecular flexibility index (Phi) is 13.0. The Morgan fingerprint density at radius 2 is 1.45 bits per heavy atom. The number of hydrogen-bond acceptors (Lipinski definition) is 10. The van der Waals surface area contributed by atoms with E-state index in [1.54, 1.807) is 81.1 Å². The maximum absolute atomic E-state index is 17.9. The molecule has 5 aromatic rings. The molecule has 0 spiro atoms. The highest BCUT2D eigenvalue weighted by Gasteiger charge is 2.55. The molecule has 69 heavy (non-hydrogen) atoms. The highest BCUT2D eigenvalue weighted by Crippen LogP contribution is 2.49. The second kappa shape index (κ2) is 18.5. The molecule has 3 aliphatic rings. The smallest absolute Gasteiger partial charge is 0.417 e. The van der Waals surface area contributed by atoms with E-state index in [1.807, 2.05) is 0 Å². The van der Waals surface area contributed by atoms with Crippen LogP contribution in [0.2, 0.25) is 0 Å². The van der Waals surface area contributed by atoms with Crippen molar-refractivity contribution in [1.82, 2.24) is 19.4 Å². The third-order valence-corrected chi connectivity index (χ3v) is 12.8. The van der Waals surface area contributed by atoms with Crippen LogP contribution in [0.1, 0.15) is 78.7 Å². The molecule has 2 aromatic heterocycles. The van der Waals surface area contributed by atoms with E-state index in [-0.39, 0.29) is 31.7 Å². The number of piperazine rings is 1. The first-order valence-electron chi connectivity index (χ1n) is 22.3. The van der Waals surface area contributed by atoms with Crippen molar-refractivity contribution < 1.29 is 54.9 Å². The van der Waals surface area contributed by atoms with Gasteiger partial charge in [0.25, 0.3) is 5.91 Å². The van der Waals surface area contributed by atoms with E-state index in [1.165, 1.54) is 54.0 Å². The summed E-state index contributed by atoms with van der Waals surface area (Å²) < 4.78 is 123. The third kappa shape index (κ3) is 9.34. The molecule has 2 amide bonds. The number of nitrogens with one attached hydrogen (secondary N) is 1. The van der Waals surface area contributed by atoms with Crippen molar-refractivity contribution >= 4 is 23.4 Å². The van der Waals surface area contributed by atoms with Gasteiger partial charge in [-0.2, -0.15) is 13.2 Å². The molecule has 1 N–H and O–H groups in total. The van der Waals surface area contributed by atoms with Gasteiger partial charge in [0.2, 0.25) is 11.4 Å². The minimum atomic E-state index is -5.48. The highest BCUT2D eigenvalue weighted by molar-refractivity contribution is 6.03. The topological polar surface area (TPSA) is 128 Å². The minimum absolute atomic E-state index is 0.0262. The van der Waals surface area contributed by atoms with Gasteiger partial charge < -0.3 is 38.6 Å². The normalized spacial score (nSPS) is 18.8. The molecule has 13 nitrogen and oxygen atoms in total. The third-order valence-electron chi connectivity index (χ3n) is 12.8. The number of carbonyl (C=O) groups excluding carboxylic acids is 2. The number of amides is 2. The van der Waals surface area contributed by atoms with E-state index in [0.29, 0.717) is 41.0 Å². The fourth-order valence-corrected chi connectivity index (χ4v) is 9.63. The van der Waals surface area contributed by atoms with Crippen LogP contribution in [0.5, 0.6) is 17.4 Å². The van der Waals surface area contributed by atoms with E-state index in [2.05, 4.69) is 10.3 Å². The second-order valence-corrected chi connectivity index (χ2v) is 18.5. The molecular formula is C50H52F6N6O7. The van der Waals surface area contributed by atoms with Crippen molar-refractivity contribution in [3.05, 3.63) is 128 Å². The van der Waals surface area contributed by atoms with Crippen LogP contribution < -0.4 is 30.0 Å². The second-order valence-electron chi connectivity index (χ2n) is 18.5. The van der Waals surface area contributed by atoms with E-state index >= 15 is 31.1 Å². The summed E-state index contributed by atoms with van der Waals surface area (Å²) >= 11 is 0. The van der Waals surface area contributed by atoms with Gasteiger partial charge in [0, 0.05) is 45.5 Å². The van der Waals surface area contributed by atoms with Crippen molar-refractivity contribution in [3.8, 4) is 28.6 Å². The Labute approximate surface area is 394 Å². The first kappa shape index (κ1) is 48.5. The van der Waals surface area contributed by atoms with Gasteiger partial charge in [0.15, 0.2) is 17.5 Å². The number of carbonyl (C=O) groups is 2. The van der Waals surface area contributed by atoms with Gasteiger partial charge in [-0.15, -0.1) is 0 Å². The van der Waals surface area contributed by atoms with Gasteiger partial charge in [-0.25, -0.2) is 22.9 Å². The highest BCUT2D eigenvalue weighted by atomic mass is 19.4. The van der Waals surface area contributed by atoms with E-state index in [4.69, 9.17) is 18.9 Å². The summed E-state index contributed by atoms with van der Waals surface area (Å²) in [6, 6.07) is 13.7. The molecule has 0 saturated carbocycles. The van der Waals surface area contributed by atoms with Gasteiger partial charge in [-0.05, 0) is 94.0 Å². The van der Waals surface area contributed by atoms with Crippen molar-refractivity contribution in [3.63, 3.8) is 0 Å². The van der Waals surface area contributed by atoms with Crippen molar-refractivity contribution in [1.29, 1.82) is 0 Å². The number of alkyl halides is 3. The van der Waals surface area contributed by atoms with Crippen molar-refractivity contribution in [2.24, 2.45) is 7.05 Å². The fourth-order valence-electron chi connectivity index (χ4n) is 9.63. The van der Waals surface area contributed by atoms with Gasteiger partial charge in [0.1, 0.15) is 40.1 Å². The van der Waals surface area contributed by atoms with Crippen LogP contribution in [0.3, 0.4) is 0 Å².